The minimum atomic E-state index is -0.233. The molecule has 1 N–H and O–H groups in total. The molecule has 1 aliphatic heterocycles. The van der Waals surface area contributed by atoms with E-state index >= 15 is 0 Å². The van der Waals surface area contributed by atoms with E-state index in [1.54, 1.807) is 35.6 Å². The van der Waals surface area contributed by atoms with E-state index in [0.717, 1.165) is 33.6 Å². The van der Waals surface area contributed by atoms with Crippen molar-refractivity contribution in [2.45, 2.75) is 12.5 Å². The molecule has 0 fully saturated rings. The fraction of sp³-hybridized carbons (Fsp3) is 0.158. The molecule has 6 nitrogen and oxygen atoms in total. The van der Waals surface area contributed by atoms with Crippen molar-refractivity contribution in [2.75, 3.05) is 6.54 Å². The molecule has 7 heteroatoms. The maximum absolute atomic E-state index is 13.3. The number of fused-ring (bicyclic) bond motifs is 2. The van der Waals surface area contributed by atoms with Crippen molar-refractivity contribution in [3.05, 3.63) is 77.1 Å². The van der Waals surface area contributed by atoms with E-state index in [0.29, 0.717) is 12.1 Å². The molecule has 3 aromatic heterocycles. The Labute approximate surface area is 153 Å². The van der Waals surface area contributed by atoms with Gasteiger partial charge in [0.25, 0.3) is 5.91 Å². The first-order valence-corrected chi connectivity index (χ1v) is 9.25. The SMILES string of the molecule is O=C(c1ccc2ncsc2c1)N1CCc2[nH]cnc2C1c1cccnc1. The second-order valence-corrected chi connectivity index (χ2v) is 7.12. The number of hydrogen-bond donors (Lipinski definition) is 1. The number of rotatable bonds is 2. The van der Waals surface area contributed by atoms with Crippen LogP contribution in [0.4, 0.5) is 0 Å². The number of H-pyrrole nitrogens is 1. The van der Waals surface area contributed by atoms with Crippen LogP contribution in [0, 0.1) is 0 Å². The molecule has 0 saturated carbocycles. The number of aromatic amines is 1. The van der Waals surface area contributed by atoms with Crippen LogP contribution in [-0.4, -0.2) is 37.3 Å². The molecular formula is C19H15N5OS. The quantitative estimate of drug-likeness (QED) is 0.595. The number of aromatic nitrogens is 4. The number of thiazole rings is 1. The van der Waals surface area contributed by atoms with Gasteiger partial charge in [0, 0.05) is 36.6 Å². The summed E-state index contributed by atoms with van der Waals surface area (Å²) >= 11 is 1.54. The van der Waals surface area contributed by atoms with Crippen LogP contribution in [-0.2, 0) is 6.42 Å². The molecule has 1 aromatic carbocycles. The summed E-state index contributed by atoms with van der Waals surface area (Å²) in [6.45, 7) is 0.633. The van der Waals surface area contributed by atoms with Gasteiger partial charge in [-0.1, -0.05) is 6.07 Å². The molecular weight excluding hydrogens is 346 g/mol. The number of amides is 1. The van der Waals surface area contributed by atoms with Crippen LogP contribution >= 0.6 is 11.3 Å². The zero-order valence-electron chi connectivity index (χ0n) is 13.8. The average Bonchev–Trinajstić information content (AvgIpc) is 3.35. The van der Waals surface area contributed by atoms with Crippen LogP contribution in [0.5, 0.6) is 0 Å². The largest absolute Gasteiger partial charge is 0.348 e. The topological polar surface area (TPSA) is 74.8 Å². The van der Waals surface area contributed by atoms with E-state index in [2.05, 4.69) is 19.9 Å². The van der Waals surface area contributed by atoms with Gasteiger partial charge in [0.1, 0.15) is 6.04 Å². The number of carbonyl (C=O) groups is 1. The lowest BCUT2D eigenvalue weighted by atomic mass is 9.96. The molecule has 1 amide bonds. The Bertz CT molecular complexity index is 1090. The van der Waals surface area contributed by atoms with Crippen LogP contribution in [0.2, 0.25) is 0 Å². The van der Waals surface area contributed by atoms with Gasteiger partial charge in [0.2, 0.25) is 0 Å². The molecule has 1 aliphatic rings. The fourth-order valence-electron chi connectivity index (χ4n) is 3.52. The molecule has 0 spiro atoms. The summed E-state index contributed by atoms with van der Waals surface area (Å²) in [6.07, 6.45) is 6.01. The summed E-state index contributed by atoms with van der Waals surface area (Å²) in [5, 5.41) is 0. The number of benzene rings is 1. The number of imidazole rings is 1. The Morgan fingerprint density at radius 2 is 2.23 bits per heavy atom. The number of pyridine rings is 1. The van der Waals surface area contributed by atoms with E-state index in [4.69, 9.17) is 0 Å². The molecule has 5 rings (SSSR count). The summed E-state index contributed by atoms with van der Waals surface area (Å²) in [5.74, 6) is 0.00260. The van der Waals surface area contributed by atoms with E-state index in [1.165, 1.54) is 0 Å². The Kier molecular flexibility index (Phi) is 3.53. The van der Waals surface area contributed by atoms with E-state index in [-0.39, 0.29) is 11.9 Å². The second-order valence-electron chi connectivity index (χ2n) is 6.24. The lowest BCUT2D eigenvalue weighted by Gasteiger charge is -2.35. The van der Waals surface area contributed by atoms with E-state index < -0.39 is 0 Å². The zero-order valence-corrected chi connectivity index (χ0v) is 14.6. The highest BCUT2D eigenvalue weighted by Gasteiger charge is 2.34. The van der Waals surface area contributed by atoms with E-state index in [1.807, 2.05) is 35.2 Å². The van der Waals surface area contributed by atoms with Gasteiger partial charge < -0.3 is 9.88 Å². The number of hydrogen-bond acceptors (Lipinski definition) is 5. The standard InChI is InChI=1S/C19H15N5OS/c25-19(12-3-4-14-16(8-12)26-11-23-14)24-7-5-15-17(22-10-21-15)18(24)13-2-1-6-20-9-13/h1-4,6,8-11,18H,5,7H2,(H,21,22). The molecule has 4 heterocycles. The smallest absolute Gasteiger partial charge is 0.254 e. The van der Waals surface area contributed by atoms with E-state index in [9.17, 15) is 4.79 Å². The van der Waals surface area contributed by atoms with Gasteiger partial charge in [0.15, 0.2) is 0 Å². The molecule has 1 unspecified atom stereocenters. The maximum Gasteiger partial charge on any atom is 0.254 e. The van der Waals surface area contributed by atoms with Gasteiger partial charge in [-0.05, 0) is 29.8 Å². The van der Waals surface area contributed by atoms with Crippen LogP contribution in [0.15, 0.2) is 54.6 Å². The highest BCUT2D eigenvalue weighted by molar-refractivity contribution is 7.16. The van der Waals surface area contributed by atoms with Crippen LogP contribution in [0.1, 0.15) is 33.4 Å². The first-order chi connectivity index (χ1) is 12.8. The predicted octanol–water partition coefficient (Wildman–Crippen LogP) is 3.20. The molecule has 4 aromatic rings. The third kappa shape index (κ3) is 2.40. The van der Waals surface area contributed by atoms with Crippen LogP contribution < -0.4 is 0 Å². The maximum atomic E-state index is 13.3. The lowest BCUT2D eigenvalue weighted by molar-refractivity contribution is 0.0690. The Morgan fingerprint density at radius 1 is 1.27 bits per heavy atom. The first kappa shape index (κ1) is 15.2. The van der Waals surface area contributed by atoms with Crippen molar-refractivity contribution in [3.8, 4) is 0 Å². The second kappa shape index (κ2) is 6.03. The Balaban J connectivity index is 1.59. The summed E-state index contributed by atoms with van der Waals surface area (Å²) in [5.41, 5.74) is 6.34. The highest BCUT2D eigenvalue weighted by atomic mass is 32.1. The predicted molar refractivity (Wildman–Crippen MR) is 99.0 cm³/mol. The minimum absolute atomic E-state index is 0.00260. The van der Waals surface area contributed by atoms with Crippen molar-refractivity contribution >= 4 is 27.5 Å². The normalized spacial score (nSPS) is 16.6. The zero-order chi connectivity index (χ0) is 17.5. The lowest BCUT2D eigenvalue weighted by Crippen LogP contribution is -2.40. The van der Waals surface area contributed by atoms with Crippen LogP contribution in [0.3, 0.4) is 0 Å². The summed E-state index contributed by atoms with van der Waals surface area (Å²) in [7, 11) is 0. The number of carbonyl (C=O) groups excluding carboxylic acids is 1. The average molecular weight is 361 g/mol. The molecule has 128 valence electrons. The number of nitrogens with zero attached hydrogens (tertiary/aromatic N) is 4. The summed E-state index contributed by atoms with van der Waals surface area (Å²) < 4.78 is 1.02. The fourth-order valence-corrected chi connectivity index (χ4v) is 4.24. The first-order valence-electron chi connectivity index (χ1n) is 8.37. The Morgan fingerprint density at radius 3 is 3.12 bits per heavy atom. The Hall–Kier alpha value is -3.06. The van der Waals surface area contributed by atoms with Crippen molar-refractivity contribution in [3.63, 3.8) is 0 Å². The van der Waals surface area contributed by atoms with Gasteiger partial charge in [-0.3, -0.25) is 9.78 Å². The van der Waals surface area contributed by atoms with Crippen molar-refractivity contribution in [1.29, 1.82) is 0 Å². The van der Waals surface area contributed by atoms with Gasteiger partial charge in [-0.2, -0.15) is 0 Å². The van der Waals surface area contributed by atoms with Gasteiger partial charge in [-0.25, -0.2) is 9.97 Å². The number of nitrogens with one attached hydrogen (secondary N) is 1. The summed E-state index contributed by atoms with van der Waals surface area (Å²) in [4.78, 5) is 31.4. The molecule has 26 heavy (non-hydrogen) atoms. The van der Waals surface area contributed by atoms with Crippen molar-refractivity contribution in [1.82, 2.24) is 24.8 Å². The van der Waals surface area contributed by atoms with Crippen molar-refractivity contribution < 1.29 is 4.79 Å². The summed E-state index contributed by atoms with van der Waals surface area (Å²) in [6, 6.07) is 9.34. The monoisotopic (exact) mass is 361 g/mol. The van der Waals surface area contributed by atoms with Crippen LogP contribution in [0.25, 0.3) is 10.2 Å². The van der Waals surface area contributed by atoms with Gasteiger partial charge in [0.05, 0.1) is 27.7 Å². The van der Waals surface area contributed by atoms with Gasteiger partial charge in [-0.15, -0.1) is 11.3 Å². The highest BCUT2D eigenvalue weighted by Crippen LogP contribution is 2.34. The van der Waals surface area contributed by atoms with Gasteiger partial charge >= 0.3 is 0 Å². The molecule has 0 aliphatic carbocycles. The molecule has 0 bridgehead atoms. The third-order valence-corrected chi connectivity index (χ3v) is 5.56. The minimum Gasteiger partial charge on any atom is -0.348 e. The molecule has 0 saturated heterocycles. The molecule has 0 radical (unpaired) electrons. The molecule has 1 atom stereocenters. The van der Waals surface area contributed by atoms with Crippen molar-refractivity contribution in [2.24, 2.45) is 0 Å². The third-order valence-electron chi connectivity index (χ3n) is 4.76.